The van der Waals surface area contributed by atoms with Crippen LogP contribution in [0.15, 0.2) is 64.5 Å². The van der Waals surface area contributed by atoms with Crippen molar-refractivity contribution < 1.29 is 17.9 Å². The first kappa shape index (κ1) is 24.0. The van der Waals surface area contributed by atoms with E-state index in [9.17, 15) is 8.42 Å². The van der Waals surface area contributed by atoms with Gasteiger partial charge in [0.25, 0.3) is 0 Å². The largest absolute Gasteiger partial charge is 0.385 e. The first-order chi connectivity index (χ1) is 17.1. The predicted octanol–water partition coefficient (Wildman–Crippen LogP) is 4.74. The number of ether oxygens (including phenoxy) is 2. The number of nitrogens with one attached hydrogen (secondary N) is 2. The molecule has 2 aliphatic heterocycles. The Morgan fingerprint density at radius 3 is 2.09 bits per heavy atom. The minimum absolute atomic E-state index is 0.203. The Kier molecular flexibility index (Phi) is 7.51. The smallest absolute Gasteiger partial charge is 0.208 e. The lowest BCUT2D eigenvalue weighted by Crippen LogP contribution is -2.22. The maximum Gasteiger partial charge on any atom is 0.208 e. The molecule has 0 spiro atoms. The zero-order valence-electron chi connectivity index (χ0n) is 19.9. The van der Waals surface area contributed by atoms with Gasteiger partial charge >= 0.3 is 0 Å². The maximum absolute atomic E-state index is 13.3. The van der Waals surface area contributed by atoms with Gasteiger partial charge in [0.05, 0.1) is 21.0 Å². The molecule has 5 rings (SSSR count). The minimum Gasteiger partial charge on any atom is -0.385 e. The Morgan fingerprint density at radius 2 is 1.43 bits per heavy atom. The summed E-state index contributed by atoms with van der Waals surface area (Å²) >= 11 is 0. The van der Waals surface area contributed by atoms with Gasteiger partial charge in [-0.25, -0.2) is 8.42 Å². The highest BCUT2D eigenvalue weighted by atomic mass is 32.2. The van der Waals surface area contributed by atoms with Crippen molar-refractivity contribution in [1.29, 1.82) is 0 Å². The van der Waals surface area contributed by atoms with Crippen LogP contribution >= 0.6 is 0 Å². The first-order valence-corrected chi connectivity index (χ1v) is 13.9. The third kappa shape index (κ3) is 5.77. The maximum atomic E-state index is 13.3. The number of fused-ring (bicyclic) bond motifs is 1. The molecular formula is C27H33N3O4S. The second-order valence-corrected chi connectivity index (χ2v) is 11.4. The van der Waals surface area contributed by atoms with Crippen molar-refractivity contribution in [3.05, 3.63) is 54.7 Å². The number of hydrogen-bond donors (Lipinski definition) is 2. The van der Waals surface area contributed by atoms with Gasteiger partial charge in [0.1, 0.15) is 0 Å². The third-order valence-electron chi connectivity index (χ3n) is 7.02. The number of para-hydroxylation sites is 1. The van der Waals surface area contributed by atoms with Crippen LogP contribution in [0.25, 0.3) is 10.9 Å². The summed E-state index contributed by atoms with van der Waals surface area (Å²) in [4.78, 5) is 5.02. The number of sulfone groups is 1. The molecule has 0 amide bonds. The Balaban J connectivity index is 1.28. The molecule has 0 unspecified atom stereocenters. The van der Waals surface area contributed by atoms with Crippen LogP contribution in [0.1, 0.15) is 25.7 Å². The fraction of sp³-hybridized carbons (Fsp3) is 0.444. The van der Waals surface area contributed by atoms with E-state index in [1.54, 1.807) is 18.2 Å². The van der Waals surface area contributed by atoms with Crippen molar-refractivity contribution in [3.63, 3.8) is 0 Å². The standard InChI is InChI=1S/C27H33N3O4S/c31-35(32,24-6-4-23(5-7-24)28-17-20-8-12-33-13-9-20)25-16-22-2-1-3-26(27(22)30-19-25)29-18-21-10-14-34-15-11-21/h1-7,16,19-21,28-29H,8-15,17-18H2. The molecule has 7 nitrogen and oxygen atoms in total. The van der Waals surface area contributed by atoms with Crippen LogP contribution in [0.4, 0.5) is 11.4 Å². The lowest BCUT2D eigenvalue weighted by atomic mass is 10.0. The molecule has 2 fully saturated rings. The summed E-state index contributed by atoms with van der Waals surface area (Å²) in [6.07, 6.45) is 5.69. The Morgan fingerprint density at radius 1 is 0.800 bits per heavy atom. The molecule has 2 N–H and O–H groups in total. The van der Waals surface area contributed by atoms with Crippen LogP contribution in [0.2, 0.25) is 0 Å². The van der Waals surface area contributed by atoms with E-state index in [-0.39, 0.29) is 9.79 Å². The monoisotopic (exact) mass is 495 g/mol. The molecule has 0 radical (unpaired) electrons. The number of pyridine rings is 1. The van der Waals surface area contributed by atoms with E-state index >= 15 is 0 Å². The summed E-state index contributed by atoms with van der Waals surface area (Å²) in [7, 11) is -3.67. The van der Waals surface area contributed by atoms with Gasteiger partial charge in [0.2, 0.25) is 9.84 Å². The molecule has 0 saturated carbocycles. The van der Waals surface area contributed by atoms with Gasteiger partial charge in [-0.2, -0.15) is 0 Å². The molecule has 2 aromatic carbocycles. The van der Waals surface area contributed by atoms with E-state index < -0.39 is 9.84 Å². The Labute approximate surface area is 207 Å². The minimum atomic E-state index is -3.67. The van der Waals surface area contributed by atoms with E-state index in [1.807, 2.05) is 30.3 Å². The molecule has 0 aliphatic carbocycles. The lowest BCUT2D eigenvalue weighted by Gasteiger charge is -2.23. The highest BCUT2D eigenvalue weighted by molar-refractivity contribution is 7.91. The van der Waals surface area contributed by atoms with Gasteiger partial charge in [-0.3, -0.25) is 4.98 Å². The normalized spacial score (nSPS) is 17.9. The van der Waals surface area contributed by atoms with Crippen LogP contribution in [0, 0.1) is 11.8 Å². The number of benzene rings is 2. The topological polar surface area (TPSA) is 89.6 Å². The Hall–Kier alpha value is -2.68. The van der Waals surface area contributed by atoms with Gasteiger partial charge < -0.3 is 20.1 Å². The van der Waals surface area contributed by atoms with Crippen LogP contribution in [-0.4, -0.2) is 52.9 Å². The quantitative estimate of drug-likeness (QED) is 0.466. The zero-order chi connectivity index (χ0) is 24.1. The highest BCUT2D eigenvalue weighted by Gasteiger charge is 2.20. The van der Waals surface area contributed by atoms with E-state index in [4.69, 9.17) is 9.47 Å². The van der Waals surface area contributed by atoms with E-state index in [0.29, 0.717) is 11.8 Å². The summed E-state index contributed by atoms with van der Waals surface area (Å²) in [5, 5.41) is 7.73. The van der Waals surface area contributed by atoms with Crippen LogP contribution < -0.4 is 10.6 Å². The number of rotatable bonds is 8. The molecule has 35 heavy (non-hydrogen) atoms. The number of aromatic nitrogens is 1. The summed E-state index contributed by atoms with van der Waals surface area (Å²) in [5.41, 5.74) is 2.64. The van der Waals surface area contributed by atoms with Crippen LogP contribution in [0.3, 0.4) is 0 Å². The molecule has 2 saturated heterocycles. The van der Waals surface area contributed by atoms with Gasteiger partial charge in [-0.05, 0) is 73.9 Å². The first-order valence-electron chi connectivity index (χ1n) is 12.5. The Bertz CT molecular complexity index is 1240. The SMILES string of the molecule is O=S(=O)(c1ccc(NCC2CCOCC2)cc1)c1cnc2c(NCC3CCOCC3)cccc2c1. The van der Waals surface area contributed by atoms with Gasteiger partial charge in [-0.1, -0.05) is 12.1 Å². The average molecular weight is 496 g/mol. The fourth-order valence-electron chi connectivity index (χ4n) is 4.74. The van der Waals surface area contributed by atoms with Gasteiger partial charge in [-0.15, -0.1) is 0 Å². The van der Waals surface area contributed by atoms with Gasteiger partial charge in [0, 0.05) is 56.8 Å². The molecule has 3 heterocycles. The summed E-state index contributed by atoms with van der Waals surface area (Å²) < 4.78 is 37.5. The van der Waals surface area contributed by atoms with E-state index in [2.05, 4.69) is 15.6 Å². The van der Waals surface area contributed by atoms with Crippen LogP contribution in [-0.2, 0) is 19.3 Å². The van der Waals surface area contributed by atoms with Crippen molar-refractivity contribution in [2.24, 2.45) is 11.8 Å². The summed E-state index contributed by atoms with van der Waals surface area (Å²) in [6, 6.07) is 14.5. The van der Waals surface area contributed by atoms with Gasteiger partial charge in [0.15, 0.2) is 0 Å². The molecule has 3 aromatic rings. The van der Waals surface area contributed by atoms with Crippen LogP contribution in [0.5, 0.6) is 0 Å². The fourth-order valence-corrected chi connectivity index (χ4v) is 5.98. The molecule has 2 aliphatic rings. The van der Waals surface area contributed by atoms with Crippen molar-refractivity contribution in [3.8, 4) is 0 Å². The van der Waals surface area contributed by atoms with E-state index in [1.165, 1.54) is 6.20 Å². The summed E-state index contributed by atoms with van der Waals surface area (Å²) in [5.74, 6) is 1.17. The second-order valence-electron chi connectivity index (χ2n) is 9.45. The molecule has 8 heteroatoms. The van der Waals surface area contributed by atoms with Crippen molar-refractivity contribution >= 4 is 32.1 Å². The number of hydrogen-bond acceptors (Lipinski definition) is 7. The van der Waals surface area contributed by atoms with Crippen molar-refractivity contribution in [2.75, 3.05) is 50.2 Å². The predicted molar refractivity (Wildman–Crippen MR) is 138 cm³/mol. The molecule has 1 aromatic heterocycles. The van der Waals surface area contributed by atoms with E-state index in [0.717, 1.165) is 87.5 Å². The number of nitrogens with zero attached hydrogens (tertiary/aromatic N) is 1. The number of anilines is 2. The second kappa shape index (κ2) is 10.9. The molecular weight excluding hydrogens is 462 g/mol. The molecule has 186 valence electrons. The summed E-state index contributed by atoms with van der Waals surface area (Å²) in [6.45, 7) is 4.99. The lowest BCUT2D eigenvalue weighted by molar-refractivity contribution is 0.0698. The van der Waals surface area contributed by atoms with Crippen molar-refractivity contribution in [2.45, 2.75) is 35.5 Å². The molecule has 0 atom stereocenters. The van der Waals surface area contributed by atoms with Crippen molar-refractivity contribution in [1.82, 2.24) is 4.98 Å². The molecule has 0 bridgehead atoms. The zero-order valence-corrected chi connectivity index (χ0v) is 20.7. The highest BCUT2D eigenvalue weighted by Crippen LogP contribution is 2.28. The average Bonchev–Trinajstić information content (AvgIpc) is 2.92. The third-order valence-corrected chi connectivity index (χ3v) is 8.76.